The first-order valence-electron chi connectivity index (χ1n) is 10.4. The Labute approximate surface area is 196 Å². The molecule has 11 N–H and O–H groups in total. The average molecular weight is 518 g/mol. The summed E-state index contributed by atoms with van der Waals surface area (Å²) in [5.41, 5.74) is 0. The maximum atomic E-state index is 11.2. The number of carboxylic acid groups (broad SMARTS) is 1. The molecule has 0 bridgehead atoms. The third kappa shape index (κ3) is 6.48. The SMILES string of the molecule is O=C[C@H](O)[C@@H](O)[C@H](O[C@@H]1O[C@H](CO)[C@@H](O[C@@H]2O[C@H](C(=O)O)[C@@H](O)[C@H](O)[C@H]2O)[C@H](O)[C@H]1O)[C@H](O)CO. The lowest BCUT2D eigenvalue weighted by Gasteiger charge is -2.46. The average Bonchev–Trinajstić information content (AvgIpc) is 2.84. The van der Waals surface area contributed by atoms with Crippen LogP contribution in [0.15, 0.2) is 0 Å². The maximum Gasteiger partial charge on any atom is 0.335 e. The highest BCUT2D eigenvalue weighted by Gasteiger charge is 2.53. The molecule has 2 heterocycles. The molecule has 14 atom stereocenters. The number of aliphatic hydroxyl groups excluding tert-OH is 10. The Morgan fingerprint density at radius 2 is 1.49 bits per heavy atom. The van der Waals surface area contributed by atoms with Crippen molar-refractivity contribution in [2.45, 2.75) is 85.8 Å². The second kappa shape index (κ2) is 12.7. The van der Waals surface area contributed by atoms with Crippen molar-refractivity contribution < 1.29 is 84.7 Å². The highest BCUT2D eigenvalue weighted by Crippen LogP contribution is 2.30. The standard InChI is InChI=1S/C18H30O17/c19-1-4(22)7(24)13(5(23)2-20)33-17-12(29)10(27)14(6(3-21)32-17)34-18-11(28)8(25)9(26)15(35-18)16(30)31/h1,4-15,17-18,20-29H,2-3H2,(H,30,31)/t4-,5+,6+,7+,8-,9-,10+,11+,12+,13+,14+,15-,17-,18+/m0/s1. The summed E-state index contributed by atoms with van der Waals surface area (Å²) < 4.78 is 20.7. The molecule has 2 aliphatic rings. The number of aliphatic hydroxyl groups is 10. The molecule has 35 heavy (non-hydrogen) atoms. The monoisotopic (exact) mass is 518 g/mol. The molecule has 2 aliphatic heterocycles. The summed E-state index contributed by atoms with van der Waals surface area (Å²) in [6.45, 7) is -1.97. The molecule has 0 spiro atoms. The predicted octanol–water partition coefficient (Wildman–Crippen LogP) is -7.64. The van der Waals surface area contributed by atoms with E-state index in [4.69, 9.17) is 29.2 Å². The number of ether oxygens (including phenoxy) is 4. The van der Waals surface area contributed by atoms with Gasteiger partial charge >= 0.3 is 5.97 Å². The Hall–Kier alpha value is -1.42. The third-order valence-corrected chi connectivity index (χ3v) is 5.61. The van der Waals surface area contributed by atoms with E-state index in [0.29, 0.717) is 0 Å². The molecule has 0 unspecified atom stereocenters. The number of rotatable bonds is 11. The van der Waals surface area contributed by atoms with Gasteiger partial charge in [-0.15, -0.1) is 0 Å². The van der Waals surface area contributed by atoms with Crippen LogP contribution in [0.5, 0.6) is 0 Å². The highest BCUT2D eigenvalue weighted by atomic mass is 16.7. The summed E-state index contributed by atoms with van der Waals surface area (Å²) in [5, 5.41) is 108. The van der Waals surface area contributed by atoms with E-state index in [0.717, 1.165) is 0 Å². The van der Waals surface area contributed by atoms with Gasteiger partial charge in [-0.2, -0.15) is 0 Å². The summed E-state index contributed by atoms with van der Waals surface area (Å²) in [5.74, 6) is -1.71. The Morgan fingerprint density at radius 1 is 0.886 bits per heavy atom. The molecule has 0 radical (unpaired) electrons. The van der Waals surface area contributed by atoms with Gasteiger partial charge < -0.3 is 79.9 Å². The summed E-state index contributed by atoms with van der Waals surface area (Å²) >= 11 is 0. The van der Waals surface area contributed by atoms with Gasteiger partial charge in [0.25, 0.3) is 0 Å². The van der Waals surface area contributed by atoms with Crippen LogP contribution in [0.4, 0.5) is 0 Å². The second-order valence-corrected chi connectivity index (χ2v) is 8.01. The van der Waals surface area contributed by atoms with Crippen LogP contribution < -0.4 is 0 Å². The lowest BCUT2D eigenvalue weighted by atomic mass is 9.96. The molecule has 2 fully saturated rings. The molecule has 0 aromatic carbocycles. The Bertz CT molecular complexity index is 692. The summed E-state index contributed by atoms with van der Waals surface area (Å²) in [6, 6.07) is 0. The number of hydrogen-bond acceptors (Lipinski definition) is 16. The van der Waals surface area contributed by atoms with Crippen molar-refractivity contribution >= 4 is 12.3 Å². The minimum Gasteiger partial charge on any atom is -0.479 e. The van der Waals surface area contributed by atoms with Crippen molar-refractivity contribution in [3.63, 3.8) is 0 Å². The lowest BCUT2D eigenvalue weighted by molar-refractivity contribution is -0.364. The van der Waals surface area contributed by atoms with Crippen molar-refractivity contribution in [2.24, 2.45) is 0 Å². The molecule has 17 heteroatoms. The van der Waals surface area contributed by atoms with Gasteiger partial charge in [0.2, 0.25) is 0 Å². The van der Waals surface area contributed by atoms with Crippen molar-refractivity contribution in [3.8, 4) is 0 Å². The van der Waals surface area contributed by atoms with Gasteiger partial charge in [0.1, 0.15) is 67.1 Å². The van der Waals surface area contributed by atoms with Gasteiger partial charge in [-0.3, -0.25) is 0 Å². The highest BCUT2D eigenvalue weighted by molar-refractivity contribution is 5.73. The van der Waals surface area contributed by atoms with Gasteiger partial charge in [-0.05, 0) is 0 Å². The number of aldehydes is 1. The van der Waals surface area contributed by atoms with Crippen LogP contribution in [-0.4, -0.2) is 167 Å². The number of aliphatic carboxylic acids is 1. The van der Waals surface area contributed by atoms with Crippen LogP contribution in [-0.2, 0) is 28.5 Å². The first-order valence-corrected chi connectivity index (χ1v) is 10.4. The largest absolute Gasteiger partial charge is 0.479 e. The molecule has 2 saturated heterocycles. The minimum atomic E-state index is -2.12. The van der Waals surface area contributed by atoms with E-state index in [1.165, 1.54) is 0 Å². The van der Waals surface area contributed by atoms with Crippen LogP contribution in [0.2, 0.25) is 0 Å². The van der Waals surface area contributed by atoms with Gasteiger partial charge in [-0.25, -0.2) is 4.79 Å². The minimum absolute atomic E-state index is 0.0935. The number of carboxylic acids is 1. The van der Waals surface area contributed by atoms with Crippen molar-refractivity contribution in [1.82, 2.24) is 0 Å². The zero-order valence-electron chi connectivity index (χ0n) is 17.9. The van der Waals surface area contributed by atoms with Crippen molar-refractivity contribution in [3.05, 3.63) is 0 Å². The molecular formula is C18H30O17. The predicted molar refractivity (Wildman–Crippen MR) is 103 cm³/mol. The Morgan fingerprint density at radius 3 is 2.00 bits per heavy atom. The normalized spacial score (nSPS) is 41.5. The van der Waals surface area contributed by atoms with Gasteiger partial charge in [-0.1, -0.05) is 0 Å². The first-order chi connectivity index (χ1) is 16.4. The van der Waals surface area contributed by atoms with Gasteiger partial charge in [0.15, 0.2) is 25.0 Å². The molecule has 2 rings (SSSR count). The summed E-state index contributed by atoms with van der Waals surface area (Å²) in [7, 11) is 0. The van der Waals surface area contributed by atoms with E-state index in [2.05, 4.69) is 0 Å². The number of carbonyl (C=O) groups excluding carboxylic acids is 1. The topological polar surface area (TPSA) is 294 Å². The summed E-state index contributed by atoms with van der Waals surface area (Å²) in [4.78, 5) is 22.0. The lowest BCUT2D eigenvalue weighted by Crippen LogP contribution is -2.65. The molecule has 0 aliphatic carbocycles. The van der Waals surface area contributed by atoms with Crippen molar-refractivity contribution in [1.29, 1.82) is 0 Å². The molecular weight excluding hydrogens is 488 g/mol. The van der Waals surface area contributed by atoms with Crippen LogP contribution in [0.3, 0.4) is 0 Å². The van der Waals surface area contributed by atoms with Crippen LogP contribution in [0.25, 0.3) is 0 Å². The fraction of sp³-hybridized carbons (Fsp3) is 0.889. The zero-order chi connectivity index (χ0) is 26.6. The van der Waals surface area contributed by atoms with Crippen LogP contribution in [0.1, 0.15) is 0 Å². The summed E-state index contributed by atoms with van der Waals surface area (Å²) in [6.07, 6.45) is -27.7. The maximum absolute atomic E-state index is 11.2. The number of hydrogen-bond donors (Lipinski definition) is 11. The third-order valence-electron chi connectivity index (χ3n) is 5.61. The van der Waals surface area contributed by atoms with E-state index >= 15 is 0 Å². The molecule has 0 saturated carbocycles. The quantitative estimate of drug-likeness (QED) is 0.113. The Balaban J connectivity index is 2.20. The first kappa shape index (κ1) is 29.8. The fourth-order valence-electron chi connectivity index (χ4n) is 3.58. The smallest absolute Gasteiger partial charge is 0.335 e. The molecule has 0 aromatic rings. The molecule has 204 valence electrons. The van der Waals surface area contributed by atoms with Crippen LogP contribution in [0, 0.1) is 0 Å². The molecule has 0 aromatic heterocycles. The second-order valence-electron chi connectivity index (χ2n) is 8.01. The van der Waals surface area contributed by atoms with E-state index in [9.17, 15) is 55.5 Å². The molecule has 0 amide bonds. The van der Waals surface area contributed by atoms with E-state index < -0.39 is 105 Å². The van der Waals surface area contributed by atoms with Gasteiger partial charge in [0.05, 0.1) is 13.2 Å². The number of carbonyl (C=O) groups is 2. The zero-order valence-corrected chi connectivity index (χ0v) is 17.9. The fourth-order valence-corrected chi connectivity index (χ4v) is 3.58. The van der Waals surface area contributed by atoms with E-state index in [-0.39, 0.29) is 6.29 Å². The van der Waals surface area contributed by atoms with E-state index in [1.807, 2.05) is 0 Å². The molecule has 17 nitrogen and oxygen atoms in total. The van der Waals surface area contributed by atoms with Gasteiger partial charge in [0, 0.05) is 0 Å². The Kier molecular flexibility index (Phi) is 10.8. The van der Waals surface area contributed by atoms with Crippen molar-refractivity contribution in [2.75, 3.05) is 13.2 Å². The van der Waals surface area contributed by atoms with E-state index in [1.54, 1.807) is 0 Å². The van der Waals surface area contributed by atoms with Crippen LogP contribution >= 0.6 is 0 Å².